The van der Waals surface area contributed by atoms with Crippen molar-refractivity contribution >= 4 is 25.7 Å². The molecule has 0 bridgehead atoms. The van der Waals surface area contributed by atoms with Crippen LogP contribution in [0, 0.1) is 0 Å². The van der Waals surface area contributed by atoms with Gasteiger partial charge in [0.1, 0.15) is 12.7 Å². The summed E-state index contributed by atoms with van der Waals surface area (Å²) in [7, 11) is -4.75. The second-order valence-electron chi connectivity index (χ2n) is 21.6. The van der Waals surface area contributed by atoms with Crippen molar-refractivity contribution in [3.8, 4) is 0 Å². The van der Waals surface area contributed by atoms with Gasteiger partial charge in [-0.3, -0.25) is 23.4 Å². The van der Waals surface area contributed by atoms with E-state index in [0.29, 0.717) is 19.3 Å². The first-order chi connectivity index (χ1) is 37.2. The average molecular weight is 1100 g/mol. The molecule has 76 heavy (non-hydrogen) atoms. The lowest BCUT2D eigenvalue weighted by Gasteiger charge is -2.21. The van der Waals surface area contributed by atoms with Gasteiger partial charge in [0.2, 0.25) is 0 Å². The minimum Gasteiger partial charge on any atom is -0.462 e. The second kappa shape index (κ2) is 58.8. The first-order valence-corrected chi connectivity index (χ1v) is 33.4. The molecule has 11 nitrogen and oxygen atoms in total. The van der Waals surface area contributed by atoms with Crippen LogP contribution in [0.5, 0.6) is 0 Å². The number of aliphatic hydroxyl groups excluding tert-OH is 1. The number of carbonyl (C=O) groups excluding carboxylic acids is 3. The summed E-state index contributed by atoms with van der Waals surface area (Å²) in [6.07, 6.45) is 62.4. The van der Waals surface area contributed by atoms with Crippen LogP contribution in [0.4, 0.5) is 0 Å². The molecule has 0 aliphatic rings. The zero-order chi connectivity index (χ0) is 55.5. The minimum absolute atomic E-state index is 0.167. The second-order valence-corrected chi connectivity index (χ2v) is 23.0. The fourth-order valence-electron chi connectivity index (χ4n) is 9.09. The Morgan fingerprint density at radius 3 is 0.947 bits per heavy atom. The van der Waals surface area contributed by atoms with Crippen LogP contribution < -0.4 is 0 Å². The van der Waals surface area contributed by atoms with Crippen LogP contribution in [-0.2, 0) is 42.2 Å². The molecular formula is C64H119O11P. The van der Waals surface area contributed by atoms with E-state index in [1.54, 1.807) is 0 Å². The Balaban J connectivity index is 4.59. The lowest BCUT2D eigenvalue weighted by molar-refractivity contribution is -0.161. The van der Waals surface area contributed by atoms with Crippen LogP contribution in [-0.4, -0.2) is 66.5 Å². The van der Waals surface area contributed by atoms with Crippen molar-refractivity contribution in [3.05, 3.63) is 36.5 Å². The topological polar surface area (TPSA) is 155 Å². The number of carbonyl (C=O) groups is 3. The summed E-state index contributed by atoms with van der Waals surface area (Å²) in [5.74, 6) is -1.46. The molecule has 0 aromatic heterocycles. The zero-order valence-corrected chi connectivity index (χ0v) is 50.4. The van der Waals surface area contributed by atoms with E-state index in [1.807, 2.05) is 0 Å². The van der Waals surface area contributed by atoms with Gasteiger partial charge in [-0.05, 0) is 89.9 Å². The number of esters is 3. The molecule has 0 rings (SSSR count). The quantitative estimate of drug-likeness (QED) is 0.0197. The molecular weight excluding hydrogens is 976 g/mol. The van der Waals surface area contributed by atoms with E-state index in [2.05, 4.69) is 57.2 Å². The summed E-state index contributed by atoms with van der Waals surface area (Å²) < 4.78 is 39.6. The Morgan fingerprint density at radius 1 is 0.355 bits per heavy atom. The monoisotopic (exact) mass is 1090 g/mol. The minimum atomic E-state index is -4.75. The number of aliphatic hydroxyl groups is 1. The number of ether oxygens (including phenoxy) is 3. The van der Waals surface area contributed by atoms with Gasteiger partial charge >= 0.3 is 25.7 Å². The zero-order valence-electron chi connectivity index (χ0n) is 49.5. The third-order valence-electron chi connectivity index (χ3n) is 14.0. The van der Waals surface area contributed by atoms with Gasteiger partial charge in [0.25, 0.3) is 0 Å². The molecule has 3 atom stereocenters. The Bertz CT molecular complexity index is 1420. The number of hydrogen-bond donors (Lipinski definition) is 2. The van der Waals surface area contributed by atoms with Crippen LogP contribution in [0.3, 0.4) is 0 Å². The number of rotatable bonds is 60. The average Bonchev–Trinajstić information content (AvgIpc) is 3.41. The van der Waals surface area contributed by atoms with Crippen molar-refractivity contribution in [2.75, 3.05) is 26.4 Å². The highest BCUT2D eigenvalue weighted by Gasteiger charge is 2.28. The molecule has 0 aliphatic carbocycles. The highest BCUT2D eigenvalue weighted by molar-refractivity contribution is 7.47. The third-order valence-corrected chi connectivity index (χ3v) is 15.0. The van der Waals surface area contributed by atoms with Crippen molar-refractivity contribution in [2.24, 2.45) is 0 Å². The highest BCUT2D eigenvalue weighted by Crippen LogP contribution is 2.43. The summed E-state index contributed by atoms with van der Waals surface area (Å²) in [5.41, 5.74) is 0. The standard InChI is InChI=1S/C64H119O11P/c1-4-7-10-13-16-19-22-24-26-28-30-32-34-36-39-42-45-48-51-54-63(67)74-60(56-65)58-72-76(69,70)73-59-61(57-71-62(66)53-50-47-44-41-38-21-18-15-12-9-6-3)75-64(68)55-52-49-46-43-40-37-35-33-31-29-27-25-23-20-17-14-11-8-5-2/h15,18,24-27,60-61,65H,4-14,16-17,19-23,28-59H2,1-3H3,(H,69,70)/b18-15-,26-24-,27-25-. The van der Waals surface area contributed by atoms with Gasteiger partial charge in [0.15, 0.2) is 6.10 Å². The van der Waals surface area contributed by atoms with E-state index in [1.165, 1.54) is 180 Å². The molecule has 0 saturated carbocycles. The maximum absolute atomic E-state index is 12.9. The fourth-order valence-corrected chi connectivity index (χ4v) is 9.88. The van der Waals surface area contributed by atoms with Gasteiger partial charge in [-0.2, -0.15) is 0 Å². The van der Waals surface area contributed by atoms with E-state index in [9.17, 15) is 28.9 Å². The lowest BCUT2D eigenvalue weighted by Crippen LogP contribution is -2.30. The van der Waals surface area contributed by atoms with Crippen LogP contribution in [0.1, 0.15) is 316 Å². The third kappa shape index (κ3) is 56.4. The molecule has 0 aliphatic heterocycles. The maximum Gasteiger partial charge on any atom is 0.472 e. The largest absolute Gasteiger partial charge is 0.472 e. The molecule has 12 heteroatoms. The van der Waals surface area contributed by atoms with Gasteiger partial charge in [-0.25, -0.2) is 4.57 Å². The van der Waals surface area contributed by atoms with Crippen LogP contribution in [0.15, 0.2) is 36.5 Å². The first-order valence-electron chi connectivity index (χ1n) is 31.9. The van der Waals surface area contributed by atoms with E-state index in [0.717, 1.165) is 77.0 Å². The molecule has 0 radical (unpaired) electrons. The molecule has 0 aromatic carbocycles. The van der Waals surface area contributed by atoms with Crippen molar-refractivity contribution in [1.82, 2.24) is 0 Å². The van der Waals surface area contributed by atoms with Crippen LogP contribution >= 0.6 is 7.82 Å². The normalized spacial score (nSPS) is 13.5. The smallest absolute Gasteiger partial charge is 0.462 e. The van der Waals surface area contributed by atoms with E-state index in [-0.39, 0.29) is 25.9 Å². The molecule has 0 heterocycles. The Labute approximate surface area is 467 Å². The van der Waals surface area contributed by atoms with Gasteiger partial charge < -0.3 is 24.2 Å². The van der Waals surface area contributed by atoms with Gasteiger partial charge in [-0.1, -0.05) is 243 Å². The predicted molar refractivity (Wildman–Crippen MR) is 316 cm³/mol. The summed E-state index contributed by atoms with van der Waals surface area (Å²) in [6.45, 7) is 4.64. The number of hydrogen-bond acceptors (Lipinski definition) is 10. The number of unbranched alkanes of at least 4 members (excludes halogenated alkanes) is 37. The van der Waals surface area contributed by atoms with Crippen LogP contribution in [0.25, 0.3) is 0 Å². The number of phosphoric acid groups is 1. The summed E-state index contributed by atoms with van der Waals surface area (Å²) in [5, 5.41) is 9.85. The van der Waals surface area contributed by atoms with Crippen LogP contribution in [0.2, 0.25) is 0 Å². The molecule has 0 fully saturated rings. The molecule has 0 aromatic rings. The molecule has 3 unspecified atom stereocenters. The fraction of sp³-hybridized carbons (Fsp3) is 0.859. The van der Waals surface area contributed by atoms with E-state index >= 15 is 0 Å². The van der Waals surface area contributed by atoms with Crippen molar-refractivity contribution < 1.29 is 52.2 Å². The van der Waals surface area contributed by atoms with Gasteiger partial charge in [0.05, 0.1) is 19.8 Å². The molecule has 2 N–H and O–H groups in total. The molecule has 446 valence electrons. The molecule has 0 amide bonds. The van der Waals surface area contributed by atoms with Crippen molar-refractivity contribution in [3.63, 3.8) is 0 Å². The van der Waals surface area contributed by atoms with Gasteiger partial charge in [-0.15, -0.1) is 0 Å². The first kappa shape index (κ1) is 73.7. The van der Waals surface area contributed by atoms with E-state index in [4.69, 9.17) is 23.3 Å². The Morgan fingerprint density at radius 2 is 0.618 bits per heavy atom. The number of phosphoric ester groups is 1. The molecule has 0 saturated heterocycles. The summed E-state index contributed by atoms with van der Waals surface area (Å²) in [6, 6.07) is 0. The van der Waals surface area contributed by atoms with Gasteiger partial charge in [0, 0.05) is 19.3 Å². The Kier molecular flexibility index (Phi) is 57.1. The Hall–Kier alpha value is -2.30. The maximum atomic E-state index is 12.9. The molecule has 0 spiro atoms. The summed E-state index contributed by atoms with van der Waals surface area (Å²) >= 11 is 0. The summed E-state index contributed by atoms with van der Waals surface area (Å²) in [4.78, 5) is 48.6. The van der Waals surface area contributed by atoms with Crippen molar-refractivity contribution in [1.29, 1.82) is 0 Å². The van der Waals surface area contributed by atoms with E-state index < -0.39 is 57.8 Å². The van der Waals surface area contributed by atoms with Crippen molar-refractivity contribution in [2.45, 2.75) is 328 Å². The number of allylic oxidation sites excluding steroid dienone is 6. The SMILES string of the molecule is CCCC/C=C\CCCCCCCC(=O)OCC(COP(=O)(O)OCC(CO)OC(=O)CCCCCCCCCCC/C=C\CCCCCCCC)OC(=O)CCCCCCCCCCC/C=C\CCCCCCCC. The lowest BCUT2D eigenvalue weighted by atomic mass is 10.1. The highest BCUT2D eigenvalue weighted by atomic mass is 31.2. The predicted octanol–water partition coefficient (Wildman–Crippen LogP) is 19.2.